The van der Waals surface area contributed by atoms with Gasteiger partial charge in [-0.25, -0.2) is 4.68 Å². The zero-order valence-electron chi connectivity index (χ0n) is 11.7. The van der Waals surface area contributed by atoms with Crippen LogP contribution < -0.4 is 10.1 Å². The number of aryl methyl sites for hydroxylation is 2. The van der Waals surface area contributed by atoms with Crippen molar-refractivity contribution in [3.05, 3.63) is 11.8 Å². The number of aromatic nitrogens is 2. The lowest BCUT2D eigenvalue weighted by Crippen LogP contribution is -2.25. The third-order valence-electron chi connectivity index (χ3n) is 2.62. The van der Waals surface area contributed by atoms with Gasteiger partial charge in [-0.2, -0.15) is 5.10 Å². The monoisotopic (exact) mass is 239 g/mol. The molecule has 1 aromatic rings. The molecule has 4 heteroatoms. The number of hydrogen-bond donors (Lipinski definition) is 1. The molecule has 0 radical (unpaired) electrons. The van der Waals surface area contributed by atoms with Gasteiger partial charge in [-0.15, -0.1) is 0 Å². The van der Waals surface area contributed by atoms with Gasteiger partial charge in [0, 0.05) is 19.2 Å². The molecule has 0 bridgehead atoms. The first-order chi connectivity index (χ1) is 7.99. The predicted octanol–water partition coefficient (Wildman–Crippen LogP) is 2.27. The van der Waals surface area contributed by atoms with Gasteiger partial charge in [-0.05, 0) is 33.2 Å². The third-order valence-corrected chi connectivity index (χ3v) is 2.62. The summed E-state index contributed by atoms with van der Waals surface area (Å²) in [6.07, 6.45) is 2.43. The van der Waals surface area contributed by atoms with Crippen LogP contribution in [-0.4, -0.2) is 28.5 Å². The van der Waals surface area contributed by atoms with Crippen LogP contribution in [0.2, 0.25) is 0 Å². The Morgan fingerprint density at radius 3 is 2.65 bits per heavy atom. The average molecular weight is 239 g/mol. The lowest BCUT2D eigenvalue weighted by Gasteiger charge is -2.15. The molecule has 1 N–H and O–H groups in total. The Hall–Kier alpha value is -1.03. The van der Waals surface area contributed by atoms with E-state index in [0.717, 1.165) is 31.0 Å². The smallest absolute Gasteiger partial charge is 0.211 e. The highest BCUT2D eigenvalue weighted by molar-refractivity contribution is 5.14. The Bertz CT molecular complexity index is 333. The van der Waals surface area contributed by atoms with Gasteiger partial charge in [0.2, 0.25) is 5.88 Å². The van der Waals surface area contributed by atoms with E-state index in [1.54, 1.807) is 4.68 Å². The minimum absolute atomic E-state index is 0.235. The van der Waals surface area contributed by atoms with Crippen molar-refractivity contribution in [3.8, 4) is 5.88 Å². The summed E-state index contributed by atoms with van der Waals surface area (Å²) in [7, 11) is 1.91. The summed E-state index contributed by atoms with van der Waals surface area (Å²) < 4.78 is 7.64. The van der Waals surface area contributed by atoms with E-state index in [-0.39, 0.29) is 6.10 Å². The second-order valence-electron chi connectivity index (χ2n) is 4.93. The Morgan fingerprint density at radius 1 is 1.41 bits per heavy atom. The maximum atomic E-state index is 5.85. The molecular formula is C13H25N3O. The van der Waals surface area contributed by atoms with Crippen LogP contribution in [0.25, 0.3) is 0 Å². The van der Waals surface area contributed by atoms with Crippen molar-refractivity contribution in [1.82, 2.24) is 15.1 Å². The highest BCUT2D eigenvalue weighted by Crippen LogP contribution is 2.14. The van der Waals surface area contributed by atoms with Gasteiger partial charge >= 0.3 is 0 Å². The molecule has 0 aromatic carbocycles. The molecule has 0 saturated carbocycles. The van der Waals surface area contributed by atoms with Crippen molar-refractivity contribution in [2.24, 2.45) is 7.05 Å². The molecule has 0 fully saturated rings. The molecule has 1 unspecified atom stereocenters. The first-order valence-corrected chi connectivity index (χ1v) is 6.39. The maximum absolute atomic E-state index is 5.85. The molecule has 17 heavy (non-hydrogen) atoms. The van der Waals surface area contributed by atoms with Crippen LogP contribution >= 0.6 is 0 Å². The van der Waals surface area contributed by atoms with E-state index in [0.29, 0.717) is 6.04 Å². The van der Waals surface area contributed by atoms with Crippen LogP contribution in [0.1, 0.15) is 39.3 Å². The topological polar surface area (TPSA) is 39.1 Å². The zero-order valence-corrected chi connectivity index (χ0v) is 11.7. The van der Waals surface area contributed by atoms with Crippen molar-refractivity contribution in [1.29, 1.82) is 0 Å². The second kappa shape index (κ2) is 6.64. The van der Waals surface area contributed by atoms with Crippen molar-refractivity contribution in [2.45, 2.75) is 52.7 Å². The van der Waals surface area contributed by atoms with Gasteiger partial charge < -0.3 is 10.1 Å². The summed E-state index contributed by atoms with van der Waals surface area (Å²) in [4.78, 5) is 0. The number of nitrogens with one attached hydrogen (secondary N) is 1. The number of nitrogens with zero attached hydrogens (tertiary/aromatic N) is 2. The quantitative estimate of drug-likeness (QED) is 0.742. The van der Waals surface area contributed by atoms with Crippen LogP contribution in [0.4, 0.5) is 0 Å². The Kier molecular flexibility index (Phi) is 5.48. The summed E-state index contributed by atoms with van der Waals surface area (Å²) in [5.74, 6) is 0.854. The summed E-state index contributed by atoms with van der Waals surface area (Å²) >= 11 is 0. The van der Waals surface area contributed by atoms with Gasteiger partial charge in [-0.1, -0.05) is 13.8 Å². The van der Waals surface area contributed by atoms with Crippen molar-refractivity contribution in [2.75, 3.05) is 6.54 Å². The van der Waals surface area contributed by atoms with Gasteiger partial charge in [0.1, 0.15) is 0 Å². The lowest BCUT2D eigenvalue weighted by atomic mass is 10.2. The molecule has 1 aromatic heterocycles. The Balaban J connectivity index is 2.25. The number of ether oxygens (including phenoxy) is 1. The van der Waals surface area contributed by atoms with Crippen molar-refractivity contribution >= 4 is 0 Å². The molecular weight excluding hydrogens is 214 g/mol. The van der Waals surface area contributed by atoms with E-state index in [9.17, 15) is 0 Å². The Labute approximate surface area is 104 Å². The van der Waals surface area contributed by atoms with E-state index in [1.807, 2.05) is 20.0 Å². The molecule has 1 atom stereocenters. The fourth-order valence-electron chi connectivity index (χ4n) is 1.74. The fourth-order valence-corrected chi connectivity index (χ4v) is 1.74. The van der Waals surface area contributed by atoms with Crippen LogP contribution in [0.5, 0.6) is 5.88 Å². The molecule has 0 amide bonds. The van der Waals surface area contributed by atoms with E-state index in [2.05, 4.69) is 31.2 Å². The second-order valence-corrected chi connectivity index (χ2v) is 4.93. The summed E-state index contributed by atoms with van der Waals surface area (Å²) in [5.41, 5.74) is 0.996. The predicted molar refractivity (Wildman–Crippen MR) is 70.4 cm³/mol. The largest absolute Gasteiger partial charge is 0.475 e. The number of hydrogen-bond acceptors (Lipinski definition) is 3. The van der Waals surface area contributed by atoms with Crippen molar-refractivity contribution < 1.29 is 4.74 Å². The maximum Gasteiger partial charge on any atom is 0.211 e. The standard InChI is InChI=1S/C13H25N3O/c1-10(2)14-8-6-7-12(4)17-13-9-11(3)15-16(13)5/h9-10,12,14H,6-8H2,1-5H3. The van der Waals surface area contributed by atoms with Gasteiger partial charge in [0.15, 0.2) is 0 Å². The third kappa shape index (κ3) is 5.22. The minimum Gasteiger partial charge on any atom is -0.475 e. The summed E-state index contributed by atoms with van der Waals surface area (Å²) in [5, 5.41) is 7.67. The van der Waals surface area contributed by atoms with Crippen molar-refractivity contribution in [3.63, 3.8) is 0 Å². The van der Waals surface area contributed by atoms with E-state index in [1.165, 1.54) is 0 Å². The first kappa shape index (κ1) is 14.0. The SMILES string of the molecule is Cc1cc(OC(C)CCCNC(C)C)n(C)n1. The van der Waals surface area contributed by atoms with E-state index >= 15 is 0 Å². The molecule has 0 spiro atoms. The first-order valence-electron chi connectivity index (χ1n) is 6.39. The van der Waals surface area contributed by atoms with Gasteiger partial charge in [-0.3, -0.25) is 0 Å². The van der Waals surface area contributed by atoms with E-state index in [4.69, 9.17) is 4.74 Å². The Morgan fingerprint density at radius 2 is 2.12 bits per heavy atom. The summed E-state index contributed by atoms with van der Waals surface area (Å²) in [6.45, 7) is 9.47. The highest BCUT2D eigenvalue weighted by atomic mass is 16.5. The van der Waals surface area contributed by atoms with Gasteiger partial charge in [0.05, 0.1) is 11.8 Å². The molecule has 0 saturated heterocycles. The van der Waals surface area contributed by atoms with E-state index < -0.39 is 0 Å². The summed E-state index contributed by atoms with van der Waals surface area (Å²) in [6, 6.07) is 2.54. The van der Waals surface area contributed by atoms with Crippen LogP contribution in [0.15, 0.2) is 6.07 Å². The number of rotatable bonds is 7. The lowest BCUT2D eigenvalue weighted by molar-refractivity contribution is 0.190. The molecule has 1 heterocycles. The van der Waals surface area contributed by atoms with Crippen LogP contribution in [0, 0.1) is 6.92 Å². The molecule has 98 valence electrons. The van der Waals surface area contributed by atoms with Crippen LogP contribution in [-0.2, 0) is 7.05 Å². The molecule has 4 nitrogen and oxygen atoms in total. The normalized spacial score (nSPS) is 13.1. The molecule has 1 rings (SSSR count). The highest BCUT2D eigenvalue weighted by Gasteiger charge is 2.08. The zero-order chi connectivity index (χ0) is 12.8. The molecule has 0 aliphatic carbocycles. The molecule has 0 aliphatic rings. The van der Waals surface area contributed by atoms with Crippen LogP contribution in [0.3, 0.4) is 0 Å². The average Bonchev–Trinajstić information content (AvgIpc) is 2.52. The fraction of sp³-hybridized carbons (Fsp3) is 0.769. The minimum atomic E-state index is 0.235. The molecule has 0 aliphatic heterocycles. The van der Waals surface area contributed by atoms with Gasteiger partial charge in [0.25, 0.3) is 0 Å².